The highest BCUT2D eigenvalue weighted by molar-refractivity contribution is 5.98. The maximum atomic E-state index is 5.23. The molecule has 2 radical (unpaired) electrons. The zero-order valence-corrected chi connectivity index (χ0v) is 10.2. The Balaban J connectivity index is 2.31. The molecular formula is C14H13AlO. The zero-order valence-electron chi connectivity index (χ0n) is 9.04. The second kappa shape index (κ2) is 5.87. The molecule has 0 fully saturated rings. The molecular weight excluding hydrogens is 211 g/mol. The van der Waals surface area contributed by atoms with Gasteiger partial charge in [0.05, 0.1) is 0 Å². The van der Waals surface area contributed by atoms with Gasteiger partial charge in [-0.15, -0.1) is 0 Å². The van der Waals surface area contributed by atoms with Crippen LogP contribution in [0.4, 0.5) is 0 Å². The van der Waals surface area contributed by atoms with Crippen molar-refractivity contribution < 1.29 is 3.79 Å². The fourth-order valence-corrected chi connectivity index (χ4v) is 2.04. The quantitative estimate of drug-likeness (QED) is 0.725. The minimum absolute atomic E-state index is 0.305. The molecule has 0 atom stereocenters. The molecule has 0 heterocycles. The number of benzene rings is 2. The van der Waals surface area contributed by atoms with Crippen LogP contribution in [0.3, 0.4) is 0 Å². The molecule has 0 amide bonds. The minimum Gasteiger partial charge on any atom is -0.515 e. The third kappa shape index (κ3) is 2.74. The average molecular weight is 224 g/mol. The Hall–Kier alpha value is -1.07. The van der Waals surface area contributed by atoms with E-state index < -0.39 is 0 Å². The highest BCUT2D eigenvalue weighted by Crippen LogP contribution is 2.24. The van der Waals surface area contributed by atoms with Crippen molar-refractivity contribution in [3.63, 3.8) is 0 Å². The lowest BCUT2D eigenvalue weighted by Crippen LogP contribution is -2.08. The molecule has 2 heteroatoms. The first kappa shape index (κ1) is 11.4. The van der Waals surface area contributed by atoms with Crippen molar-refractivity contribution in [2.75, 3.05) is 6.61 Å². The normalized spacial score (nSPS) is 10.6. The molecule has 0 aliphatic heterocycles. The second-order valence-corrected chi connectivity index (χ2v) is 4.04. The van der Waals surface area contributed by atoms with E-state index in [-0.39, 0.29) is 0 Å². The van der Waals surface area contributed by atoms with Crippen LogP contribution in [0.15, 0.2) is 60.7 Å². The van der Waals surface area contributed by atoms with E-state index in [1.165, 1.54) is 11.1 Å². The van der Waals surface area contributed by atoms with Crippen molar-refractivity contribution in [3.8, 4) is 0 Å². The lowest BCUT2D eigenvalue weighted by Gasteiger charge is -2.17. The summed E-state index contributed by atoms with van der Waals surface area (Å²) in [5, 5.41) is 0. The van der Waals surface area contributed by atoms with E-state index in [1.807, 2.05) is 12.1 Å². The summed E-state index contributed by atoms with van der Waals surface area (Å²) >= 11 is 2.32. The topological polar surface area (TPSA) is 9.23 Å². The van der Waals surface area contributed by atoms with Crippen LogP contribution in [0, 0.1) is 0 Å². The van der Waals surface area contributed by atoms with Crippen molar-refractivity contribution >= 4 is 16.6 Å². The second-order valence-electron chi connectivity index (χ2n) is 3.71. The molecule has 16 heavy (non-hydrogen) atoms. The maximum Gasteiger partial charge on any atom is 0.369 e. The molecule has 0 aliphatic carbocycles. The SMILES string of the molecule is [Al][O]CC(c1ccccc1)c1ccccc1. The summed E-state index contributed by atoms with van der Waals surface area (Å²) in [4.78, 5) is 0. The fourth-order valence-electron chi connectivity index (χ4n) is 1.85. The smallest absolute Gasteiger partial charge is 0.369 e. The van der Waals surface area contributed by atoms with Gasteiger partial charge in [-0.25, -0.2) is 0 Å². The standard InChI is InChI=1S/C14H13O.Al/c15-11-14(12-7-3-1-4-8-12)13-9-5-2-6-10-13;/h1-10,14H,11H2;/q-1;+1. The van der Waals surface area contributed by atoms with Gasteiger partial charge in [0.2, 0.25) is 0 Å². The Labute approximate surface area is 105 Å². The van der Waals surface area contributed by atoms with Crippen molar-refractivity contribution in [1.82, 2.24) is 0 Å². The largest absolute Gasteiger partial charge is 0.515 e. The molecule has 2 aromatic rings. The predicted octanol–water partition coefficient (Wildman–Crippen LogP) is 2.92. The summed E-state index contributed by atoms with van der Waals surface area (Å²) < 4.78 is 5.23. The van der Waals surface area contributed by atoms with Crippen molar-refractivity contribution in [3.05, 3.63) is 71.8 Å². The molecule has 1 nitrogen and oxygen atoms in total. The monoisotopic (exact) mass is 224 g/mol. The van der Waals surface area contributed by atoms with E-state index in [0.717, 1.165) is 0 Å². The van der Waals surface area contributed by atoms with Gasteiger partial charge in [-0.2, -0.15) is 0 Å². The maximum absolute atomic E-state index is 5.23. The van der Waals surface area contributed by atoms with Crippen LogP contribution >= 0.6 is 0 Å². The van der Waals surface area contributed by atoms with Crippen LogP contribution in [-0.2, 0) is 3.79 Å². The third-order valence-corrected chi connectivity index (χ3v) is 2.86. The van der Waals surface area contributed by atoms with E-state index in [0.29, 0.717) is 12.5 Å². The van der Waals surface area contributed by atoms with E-state index in [1.54, 1.807) is 0 Å². The lowest BCUT2D eigenvalue weighted by atomic mass is 9.92. The molecule has 2 rings (SSSR count). The molecule has 78 valence electrons. The Morgan fingerprint density at radius 3 is 1.62 bits per heavy atom. The predicted molar refractivity (Wildman–Crippen MR) is 66.4 cm³/mol. The van der Waals surface area contributed by atoms with Crippen molar-refractivity contribution in [1.29, 1.82) is 0 Å². The first-order chi connectivity index (χ1) is 7.92. The van der Waals surface area contributed by atoms with Crippen molar-refractivity contribution in [2.24, 2.45) is 0 Å². The van der Waals surface area contributed by atoms with E-state index in [9.17, 15) is 0 Å². The Kier molecular flexibility index (Phi) is 4.19. The molecule has 0 N–H and O–H groups in total. The first-order valence-electron chi connectivity index (χ1n) is 5.33. The summed E-state index contributed by atoms with van der Waals surface area (Å²) in [6.45, 7) is 0.679. The van der Waals surface area contributed by atoms with Crippen molar-refractivity contribution in [2.45, 2.75) is 5.92 Å². The number of rotatable bonds is 4. The molecule has 0 aromatic heterocycles. The highest BCUT2D eigenvalue weighted by Gasteiger charge is 2.12. The summed E-state index contributed by atoms with van der Waals surface area (Å²) in [5.74, 6) is 0.305. The van der Waals surface area contributed by atoms with Crippen LogP contribution in [-0.4, -0.2) is 23.2 Å². The molecule has 2 aromatic carbocycles. The molecule has 0 saturated heterocycles. The van der Waals surface area contributed by atoms with Crippen LogP contribution in [0.25, 0.3) is 0 Å². The first-order valence-corrected chi connectivity index (χ1v) is 5.80. The number of hydrogen-bond acceptors (Lipinski definition) is 1. The Bertz CT molecular complexity index is 374. The van der Waals surface area contributed by atoms with Gasteiger partial charge in [0.25, 0.3) is 0 Å². The van der Waals surface area contributed by atoms with Gasteiger partial charge in [0.15, 0.2) is 0 Å². The van der Waals surface area contributed by atoms with Gasteiger partial charge in [0, 0.05) is 12.5 Å². The van der Waals surface area contributed by atoms with E-state index in [4.69, 9.17) is 3.79 Å². The molecule has 0 unspecified atom stereocenters. The molecule has 0 aliphatic rings. The highest BCUT2D eigenvalue weighted by atomic mass is 27.1. The van der Waals surface area contributed by atoms with Gasteiger partial charge >= 0.3 is 16.6 Å². The summed E-state index contributed by atoms with van der Waals surface area (Å²) in [7, 11) is 0. The number of hydrogen-bond donors (Lipinski definition) is 0. The van der Waals surface area contributed by atoms with Crippen LogP contribution in [0.1, 0.15) is 17.0 Å². The Morgan fingerprint density at radius 1 is 0.812 bits per heavy atom. The molecule has 0 spiro atoms. The summed E-state index contributed by atoms with van der Waals surface area (Å²) in [5.41, 5.74) is 2.58. The average Bonchev–Trinajstić information content (AvgIpc) is 2.38. The minimum atomic E-state index is 0.305. The van der Waals surface area contributed by atoms with Gasteiger partial charge in [-0.1, -0.05) is 60.7 Å². The van der Waals surface area contributed by atoms with Crippen LogP contribution < -0.4 is 0 Å². The van der Waals surface area contributed by atoms with E-state index in [2.05, 4.69) is 65.2 Å². The fraction of sp³-hybridized carbons (Fsp3) is 0.143. The summed E-state index contributed by atoms with van der Waals surface area (Å²) in [6, 6.07) is 20.9. The van der Waals surface area contributed by atoms with Gasteiger partial charge < -0.3 is 3.79 Å². The third-order valence-electron chi connectivity index (χ3n) is 2.67. The van der Waals surface area contributed by atoms with Gasteiger partial charge in [-0.05, 0) is 11.1 Å². The van der Waals surface area contributed by atoms with Gasteiger partial charge in [-0.3, -0.25) is 0 Å². The van der Waals surface area contributed by atoms with E-state index >= 15 is 0 Å². The van der Waals surface area contributed by atoms with Gasteiger partial charge in [0.1, 0.15) is 0 Å². The molecule has 0 saturated carbocycles. The Morgan fingerprint density at radius 2 is 1.25 bits per heavy atom. The zero-order chi connectivity index (χ0) is 11.2. The summed E-state index contributed by atoms with van der Waals surface area (Å²) in [6.07, 6.45) is 0. The molecule has 0 bridgehead atoms. The van der Waals surface area contributed by atoms with Crippen LogP contribution in [0.5, 0.6) is 0 Å². The lowest BCUT2D eigenvalue weighted by molar-refractivity contribution is 0.332. The van der Waals surface area contributed by atoms with Crippen LogP contribution in [0.2, 0.25) is 0 Å².